The van der Waals surface area contributed by atoms with E-state index in [0.29, 0.717) is 44.3 Å². The van der Waals surface area contributed by atoms with E-state index in [1.54, 1.807) is 31.4 Å². The summed E-state index contributed by atoms with van der Waals surface area (Å²) in [5.41, 5.74) is 0.772. The average molecular weight is 684 g/mol. The lowest BCUT2D eigenvalue weighted by atomic mass is 9.94. The Morgan fingerprint density at radius 1 is 0.880 bits per heavy atom. The van der Waals surface area contributed by atoms with Gasteiger partial charge >= 0.3 is 0 Å². The molecule has 2 aliphatic rings. The van der Waals surface area contributed by atoms with Crippen LogP contribution in [0.2, 0.25) is 0 Å². The summed E-state index contributed by atoms with van der Waals surface area (Å²) in [5, 5.41) is 14.3. The lowest BCUT2D eigenvalue weighted by Crippen LogP contribution is -2.62. The zero-order chi connectivity index (χ0) is 35.3. The number of nitrogens with one attached hydrogen (secondary N) is 5. The minimum atomic E-state index is -1.27. The molecule has 1 heterocycles. The highest BCUT2D eigenvalue weighted by molar-refractivity contribution is 6.01. The topological polar surface area (TPSA) is 164 Å². The second-order valence-corrected chi connectivity index (χ2v) is 12.7. The van der Waals surface area contributed by atoms with Crippen LogP contribution in [-0.4, -0.2) is 74.0 Å². The van der Waals surface area contributed by atoms with Crippen molar-refractivity contribution in [3.8, 4) is 11.5 Å². The Bertz CT molecular complexity index is 1640. The van der Waals surface area contributed by atoms with Gasteiger partial charge in [-0.25, -0.2) is 0 Å². The molecule has 3 aromatic carbocycles. The molecular formula is C38H45N5O7. The molecule has 5 amide bonds. The molecule has 0 radical (unpaired) electrons. The van der Waals surface area contributed by atoms with Crippen molar-refractivity contribution in [1.29, 1.82) is 0 Å². The zero-order valence-electron chi connectivity index (χ0n) is 28.3. The summed E-state index contributed by atoms with van der Waals surface area (Å²) in [6.07, 6.45) is 2.95. The van der Waals surface area contributed by atoms with Gasteiger partial charge < -0.3 is 36.1 Å². The number of amides is 5. The molecule has 5 rings (SSSR count). The van der Waals surface area contributed by atoms with Gasteiger partial charge in [-0.1, -0.05) is 67.4 Å². The summed E-state index contributed by atoms with van der Waals surface area (Å²) in [4.78, 5) is 68.2. The molecule has 0 bridgehead atoms. The number of hydrogen-bond acceptors (Lipinski definition) is 7. The number of carbonyl (C=O) groups is 5. The minimum absolute atomic E-state index is 0.196. The first-order valence-corrected chi connectivity index (χ1v) is 17.1. The Morgan fingerprint density at radius 2 is 1.60 bits per heavy atom. The minimum Gasteiger partial charge on any atom is -0.497 e. The third-order valence-electron chi connectivity index (χ3n) is 9.07. The van der Waals surface area contributed by atoms with E-state index < -0.39 is 47.7 Å². The van der Waals surface area contributed by atoms with Gasteiger partial charge in [0.25, 0.3) is 5.91 Å². The Balaban J connectivity index is 1.38. The fourth-order valence-electron chi connectivity index (χ4n) is 6.31. The zero-order valence-corrected chi connectivity index (χ0v) is 28.3. The van der Waals surface area contributed by atoms with E-state index in [2.05, 4.69) is 26.6 Å². The van der Waals surface area contributed by atoms with Gasteiger partial charge in [-0.2, -0.15) is 0 Å². The highest BCUT2D eigenvalue weighted by atomic mass is 16.5. The lowest BCUT2D eigenvalue weighted by Gasteiger charge is -2.32. The molecule has 0 saturated heterocycles. The summed E-state index contributed by atoms with van der Waals surface area (Å²) in [6.45, 7) is 0.728. The molecule has 0 aromatic heterocycles. The molecule has 12 heteroatoms. The summed E-state index contributed by atoms with van der Waals surface area (Å²) < 4.78 is 11.1. The fraction of sp³-hybridized carbons (Fsp3) is 0.395. The molecular weight excluding hydrogens is 638 g/mol. The quantitative estimate of drug-likeness (QED) is 0.256. The first-order valence-electron chi connectivity index (χ1n) is 17.1. The van der Waals surface area contributed by atoms with Gasteiger partial charge in [0, 0.05) is 19.5 Å². The second kappa shape index (κ2) is 17.3. The van der Waals surface area contributed by atoms with Gasteiger partial charge in [0.2, 0.25) is 23.6 Å². The first-order chi connectivity index (χ1) is 24.3. The summed E-state index contributed by atoms with van der Waals surface area (Å²) in [7, 11) is 1.59. The summed E-state index contributed by atoms with van der Waals surface area (Å²) in [6, 6.07) is 21.4. The van der Waals surface area contributed by atoms with Gasteiger partial charge in [-0.05, 0) is 61.1 Å². The van der Waals surface area contributed by atoms with Crippen LogP contribution in [0.4, 0.5) is 0 Å². The molecule has 50 heavy (non-hydrogen) atoms. The number of hydrogen-bond donors (Lipinski definition) is 5. The largest absolute Gasteiger partial charge is 0.497 e. The van der Waals surface area contributed by atoms with Crippen molar-refractivity contribution in [1.82, 2.24) is 26.6 Å². The molecule has 0 unspecified atom stereocenters. The Kier molecular flexibility index (Phi) is 12.4. The van der Waals surface area contributed by atoms with Crippen LogP contribution in [0.25, 0.3) is 0 Å². The van der Waals surface area contributed by atoms with Gasteiger partial charge in [0.05, 0.1) is 25.7 Å². The van der Waals surface area contributed by atoms with Crippen molar-refractivity contribution in [3.05, 3.63) is 95.6 Å². The van der Waals surface area contributed by atoms with Crippen molar-refractivity contribution in [3.63, 3.8) is 0 Å². The smallest absolute Gasteiger partial charge is 0.255 e. The third-order valence-corrected chi connectivity index (χ3v) is 9.07. The molecule has 12 nitrogen and oxygen atoms in total. The van der Waals surface area contributed by atoms with Crippen LogP contribution < -0.4 is 36.1 Å². The maximum Gasteiger partial charge on any atom is 0.255 e. The molecule has 1 aliphatic heterocycles. The summed E-state index contributed by atoms with van der Waals surface area (Å²) in [5.74, 6) is -1.49. The normalized spacial score (nSPS) is 20.1. The first kappa shape index (κ1) is 35.9. The van der Waals surface area contributed by atoms with Crippen molar-refractivity contribution >= 4 is 29.5 Å². The van der Waals surface area contributed by atoms with E-state index in [4.69, 9.17) is 9.47 Å². The van der Waals surface area contributed by atoms with Gasteiger partial charge in [0.1, 0.15) is 29.1 Å². The van der Waals surface area contributed by atoms with E-state index >= 15 is 0 Å². The van der Waals surface area contributed by atoms with E-state index in [1.807, 2.05) is 54.6 Å². The van der Waals surface area contributed by atoms with Crippen molar-refractivity contribution in [2.75, 3.05) is 26.8 Å². The number of para-hydroxylation sites is 1. The molecule has 1 spiro atoms. The van der Waals surface area contributed by atoms with Crippen LogP contribution in [0.5, 0.6) is 11.5 Å². The maximum absolute atomic E-state index is 14.0. The standard InChI is InChI=1S/C38H45N5O7/c1-49-28-16-14-26(15-17-28)18-22-40-36(47)31-25-33(44)43-38(19-7-8-20-38)37(48)42-30(24-27-10-3-2-4-11-27)35(46)39-21-9-23-50-32-13-6-5-12-29(32)34(45)41-31/h2-6,10-17,30-31H,7-9,18-25H2,1H3,(H,39,46)(H,40,47)(H,41,45)(H,42,48)(H,43,44)/t30-,31-/m0/s1. The van der Waals surface area contributed by atoms with Gasteiger partial charge in [-0.15, -0.1) is 0 Å². The van der Waals surface area contributed by atoms with Crippen LogP contribution in [0, 0.1) is 0 Å². The molecule has 1 fully saturated rings. The van der Waals surface area contributed by atoms with Crippen molar-refractivity contribution in [2.24, 2.45) is 0 Å². The van der Waals surface area contributed by atoms with Gasteiger partial charge in [-0.3, -0.25) is 24.0 Å². The lowest BCUT2D eigenvalue weighted by molar-refractivity contribution is -0.136. The van der Waals surface area contributed by atoms with Crippen LogP contribution in [0.1, 0.15) is 60.0 Å². The highest BCUT2D eigenvalue weighted by Crippen LogP contribution is 2.30. The number of carbonyl (C=O) groups excluding carboxylic acids is 5. The Labute approximate surface area is 292 Å². The van der Waals surface area contributed by atoms with Gasteiger partial charge in [0.15, 0.2) is 0 Å². The summed E-state index contributed by atoms with van der Waals surface area (Å²) >= 11 is 0. The number of fused-ring (bicyclic) bond motifs is 1. The van der Waals surface area contributed by atoms with Crippen LogP contribution in [0.15, 0.2) is 78.9 Å². The van der Waals surface area contributed by atoms with E-state index in [0.717, 1.165) is 16.9 Å². The predicted molar refractivity (Wildman–Crippen MR) is 187 cm³/mol. The van der Waals surface area contributed by atoms with Crippen molar-refractivity contribution < 1.29 is 33.4 Å². The Morgan fingerprint density at radius 3 is 2.34 bits per heavy atom. The van der Waals surface area contributed by atoms with E-state index in [1.165, 1.54) is 0 Å². The number of ether oxygens (including phenoxy) is 2. The van der Waals surface area contributed by atoms with E-state index in [-0.39, 0.29) is 37.6 Å². The van der Waals surface area contributed by atoms with Crippen LogP contribution in [-0.2, 0) is 32.0 Å². The molecule has 264 valence electrons. The molecule has 1 aliphatic carbocycles. The second-order valence-electron chi connectivity index (χ2n) is 12.7. The third kappa shape index (κ3) is 9.61. The van der Waals surface area contributed by atoms with Crippen LogP contribution >= 0.6 is 0 Å². The average Bonchev–Trinajstić information content (AvgIpc) is 3.60. The van der Waals surface area contributed by atoms with Crippen molar-refractivity contribution in [2.45, 2.75) is 69.0 Å². The Hall–Kier alpha value is -5.39. The van der Waals surface area contributed by atoms with E-state index in [9.17, 15) is 24.0 Å². The molecule has 2 atom stereocenters. The maximum atomic E-state index is 14.0. The molecule has 3 aromatic rings. The number of benzene rings is 3. The number of rotatable bonds is 7. The highest BCUT2D eigenvalue weighted by Gasteiger charge is 2.44. The predicted octanol–water partition coefficient (Wildman–Crippen LogP) is 2.60. The van der Waals surface area contributed by atoms with Crippen LogP contribution in [0.3, 0.4) is 0 Å². The SMILES string of the molecule is COc1ccc(CCNC(=O)[C@@H]2CC(=O)NC3(CCCC3)C(=O)N[C@@H](Cc3ccccc3)C(=O)NCCCOc3ccccc3C(=O)N2)cc1. The number of methoxy groups -OCH3 is 1. The molecule has 1 saturated carbocycles. The fourth-order valence-corrected chi connectivity index (χ4v) is 6.31. The molecule has 5 N–H and O–H groups in total. The monoisotopic (exact) mass is 683 g/mol.